The van der Waals surface area contributed by atoms with Gasteiger partial charge in [0, 0.05) is 11.1 Å². The smallest absolute Gasteiger partial charge is 0.174 e. The molecule has 0 N–H and O–H groups in total. The highest BCUT2D eigenvalue weighted by molar-refractivity contribution is 5.79. The number of rotatable bonds is 4. The molecule has 0 atom stereocenters. The van der Waals surface area contributed by atoms with Crippen molar-refractivity contribution in [3.63, 3.8) is 0 Å². The first-order valence-electron chi connectivity index (χ1n) is 6.56. The quantitative estimate of drug-likeness (QED) is 0.724. The third-order valence-electron chi connectivity index (χ3n) is 3.30. The van der Waals surface area contributed by atoms with E-state index in [0.717, 1.165) is 16.7 Å². The highest BCUT2D eigenvalue weighted by Gasteiger charge is 2.14. The molecule has 0 saturated carbocycles. The van der Waals surface area contributed by atoms with Gasteiger partial charge >= 0.3 is 0 Å². The Labute approximate surface area is 122 Å². The van der Waals surface area contributed by atoms with E-state index in [9.17, 15) is 0 Å². The van der Waals surface area contributed by atoms with Crippen molar-refractivity contribution in [2.24, 2.45) is 0 Å². The van der Waals surface area contributed by atoms with Crippen molar-refractivity contribution in [3.8, 4) is 33.9 Å². The second kappa shape index (κ2) is 5.71. The molecular formula is C17H15NO3. The van der Waals surface area contributed by atoms with Gasteiger partial charge in [-0.25, -0.2) is 0 Å². The standard InChI is InChI=1S/C17H15NO3/c1-19-15-9-8-13(10-16(15)20-2)17-14(11-18-21-17)12-6-4-3-5-7-12/h3-11H,1-2H3. The molecule has 0 saturated heterocycles. The predicted molar refractivity (Wildman–Crippen MR) is 80.5 cm³/mol. The zero-order valence-electron chi connectivity index (χ0n) is 11.9. The van der Waals surface area contributed by atoms with Crippen molar-refractivity contribution in [1.29, 1.82) is 0 Å². The molecule has 0 spiro atoms. The molecule has 1 aromatic heterocycles. The summed E-state index contributed by atoms with van der Waals surface area (Å²) in [5.74, 6) is 2.05. The topological polar surface area (TPSA) is 44.5 Å². The number of ether oxygens (including phenoxy) is 2. The second-order valence-corrected chi connectivity index (χ2v) is 4.50. The second-order valence-electron chi connectivity index (χ2n) is 4.50. The van der Waals surface area contributed by atoms with Gasteiger partial charge in [-0.15, -0.1) is 0 Å². The Hall–Kier alpha value is -2.75. The molecule has 0 fully saturated rings. The summed E-state index contributed by atoms with van der Waals surface area (Å²) in [5, 5.41) is 3.93. The minimum Gasteiger partial charge on any atom is -0.493 e. The Balaban J connectivity index is 2.08. The number of hydrogen-bond donors (Lipinski definition) is 0. The first-order chi connectivity index (χ1) is 10.3. The van der Waals surface area contributed by atoms with Gasteiger partial charge in [-0.3, -0.25) is 0 Å². The third-order valence-corrected chi connectivity index (χ3v) is 3.30. The number of benzene rings is 2. The maximum atomic E-state index is 5.43. The number of hydrogen-bond acceptors (Lipinski definition) is 4. The zero-order chi connectivity index (χ0) is 14.7. The molecule has 3 aromatic rings. The molecule has 4 heteroatoms. The maximum absolute atomic E-state index is 5.43. The Bertz CT molecular complexity index is 735. The lowest BCUT2D eigenvalue weighted by atomic mass is 10.0. The van der Waals surface area contributed by atoms with Gasteiger partial charge in [0.2, 0.25) is 0 Å². The van der Waals surface area contributed by atoms with E-state index >= 15 is 0 Å². The van der Waals surface area contributed by atoms with Crippen LogP contribution >= 0.6 is 0 Å². The monoisotopic (exact) mass is 281 g/mol. The highest BCUT2D eigenvalue weighted by atomic mass is 16.5. The maximum Gasteiger partial charge on any atom is 0.174 e. The van der Waals surface area contributed by atoms with Crippen molar-refractivity contribution in [3.05, 3.63) is 54.7 Å². The first kappa shape index (κ1) is 13.2. The Kier molecular flexibility index (Phi) is 3.60. The summed E-state index contributed by atoms with van der Waals surface area (Å²) in [7, 11) is 3.22. The van der Waals surface area contributed by atoms with Crippen LogP contribution in [0.25, 0.3) is 22.5 Å². The highest BCUT2D eigenvalue weighted by Crippen LogP contribution is 2.36. The summed E-state index contributed by atoms with van der Waals surface area (Å²) in [4.78, 5) is 0. The van der Waals surface area contributed by atoms with Crippen molar-refractivity contribution in [2.75, 3.05) is 14.2 Å². The first-order valence-corrected chi connectivity index (χ1v) is 6.56. The van der Waals surface area contributed by atoms with Crippen LogP contribution in [0.15, 0.2) is 59.3 Å². The summed E-state index contributed by atoms with van der Waals surface area (Å²) < 4.78 is 16.0. The molecule has 4 nitrogen and oxygen atoms in total. The van der Waals surface area contributed by atoms with Gasteiger partial charge in [-0.05, 0) is 23.8 Å². The van der Waals surface area contributed by atoms with Crippen LogP contribution in [0.1, 0.15) is 0 Å². The fraction of sp³-hybridized carbons (Fsp3) is 0.118. The van der Waals surface area contributed by atoms with E-state index in [-0.39, 0.29) is 0 Å². The van der Waals surface area contributed by atoms with Crippen molar-refractivity contribution in [2.45, 2.75) is 0 Å². The van der Waals surface area contributed by atoms with Crippen LogP contribution in [-0.4, -0.2) is 19.4 Å². The molecule has 0 amide bonds. The molecule has 106 valence electrons. The number of aromatic nitrogens is 1. The average Bonchev–Trinajstić information content (AvgIpc) is 3.04. The lowest BCUT2D eigenvalue weighted by molar-refractivity contribution is 0.355. The van der Waals surface area contributed by atoms with Crippen LogP contribution in [0.4, 0.5) is 0 Å². The molecule has 21 heavy (non-hydrogen) atoms. The zero-order valence-corrected chi connectivity index (χ0v) is 11.9. The number of nitrogens with zero attached hydrogens (tertiary/aromatic N) is 1. The molecule has 0 bridgehead atoms. The molecule has 2 aromatic carbocycles. The largest absolute Gasteiger partial charge is 0.493 e. The molecule has 0 aliphatic rings. The van der Waals surface area contributed by atoms with Crippen LogP contribution in [0, 0.1) is 0 Å². The fourth-order valence-electron chi connectivity index (χ4n) is 2.25. The normalized spacial score (nSPS) is 10.4. The summed E-state index contributed by atoms with van der Waals surface area (Å²) in [5.41, 5.74) is 2.90. The van der Waals surface area contributed by atoms with E-state index in [1.54, 1.807) is 20.4 Å². The van der Waals surface area contributed by atoms with Gasteiger partial charge in [0.1, 0.15) is 0 Å². The summed E-state index contributed by atoms with van der Waals surface area (Å²) in [6.45, 7) is 0. The van der Waals surface area contributed by atoms with Gasteiger partial charge in [0.05, 0.1) is 20.4 Å². The molecule has 1 heterocycles. The van der Waals surface area contributed by atoms with Gasteiger partial charge in [0.15, 0.2) is 17.3 Å². The van der Waals surface area contributed by atoms with Crippen molar-refractivity contribution in [1.82, 2.24) is 5.16 Å². The Morgan fingerprint density at radius 1 is 0.857 bits per heavy atom. The minimum absolute atomic E-state index is 0.658. The molecule has 0 aliphatic carbocycles. The number of methoxy groups -OCH3 is 2. The van der Waals surface area contributed by atoms with E-state index < -0.39 is 0 Å². The van der Waals surface area contributed by atoms with Crippen LogP contribution < -0.4 is 9.47 Å². The Morgan fingerprint density at radius 2 is 1.62 bits per heavy atom. The molecule has 0 unspecified atom stereocenters. The minimum atomic E-state index is 0.658. The molecular weight excluding hydrogens is 266 g/mol. The SMILES string of the molecule is COc1ccc(-c2oncc2-c2ccccc2)cc1OC. The third kappa shape index (κ3) is 2.48. The van der Waals surface area contributed by atoms with Gasteiger partial charge in [0.25, 0.3) is 0 Å². The average molecular weight is 281 g/mol. The van der Waals surface area contributed by atoms with E-state index in [1.807, 2.05) is 48.5 Å². The van der Waals surface area contributed by atoms with Crippen LogP contribution in [0.3, 0.4) is 0 Å². The summed E-state index contributed by atoms with van der Waals surface area (Å²) >= 11 is 0. The lowest BCUT2D eigenvalue weighted by Gasteiger charge is -2.09. The van der Waals surface area contributed by atoms with Crippen LogP contribution in [-0.2, 0) is 0 Å². The lowest BCUT2D eigenvalue weighted by Crippen LogP contribution is -1.91. The summed E-state index contributed by atoms with van der Waals surface area (Å²) in [6, 6.07) is 15.7. The molecule has 3 rings (SSSR count). The van der Waals surface area contributed by atoms with E-state index in [2.05, 4.69) is 5.16 Å². The fourth-order valence-corrected chi connectivity index (χ4v) is 2.25. The van der Waals surface area contributed by atoms with Crippen molar-refractivity contribution >= 4 is 0 Å². The van der Waals surface area contributed by atoms with Crippen LogP contribution in [0.2, 0.25) is 0 Å². The van der Waals surface area contributed by atoms with Gasteiger partial charge < -0.3 is 14.0 Å². The summed E-state index contributed by atoms with van der Waals surface area (Å²) in [6.07, 6.45) is 1.72. The van der Waals surface area contributed by atoms with Crippen LogP contribution in [0.5, 0.6) is 11.5 Å². The van der Waals surface area contributed by atoms with E-state index in [4.69, 9.17) is 14.0 Å². The predicted octanol–water partition coefficient (Wildman–Crippen LogP) is 4.03. The van der Waals surface area contributed by atoms with E-state index in [1.165, 1.54) is 0 Å². The van der Waals surface area contributed by atoms with Gasteiger partial charge in [-0.1, -0.05) is 35.5 Å². The Morgan fingerprint density at radius 3 is 2.33 bits per heavy atom. The van der Waals surface area contributed by atoms with E-state index in [0.29, 0.717) is 17.3 Å². The van der Waals surface area contributed by atoms with Gasteiger partial charge in [-0.2, -0.15) is 0 Å². The molecule has 0 radical (unpaired) electrons. The molecule has 0 aliphatic heterocycles. The van der Waals surface area contributed by atoms with Crippen molar-refractivity contribution < 1.29 is 14.0 Å².